The van der Waals surface area contributed by atoms with E-state index in [0.717, 1.165) is 0 Å². The summed E-state index contributed by atoms with van der Waals surface area (Å²) < 4.78 is 34.0. The average Bonchev–Trinajstić information content (AvgIpc) is 2.75. The average molecular weight is 574 g/mol. The molecule has 13 nitrogen and oxygen atoms in total. The predicted molar refractivity (Wildman–Crippen MR) is 98.3 cm³/mol. The number of rotatable bonds is 3. The molecule has 0 saturated carbocycles. The van der Waals surface area contributed by atoms with Crippen molar-refractivity contribution in [3.8, 4) is 0 Å². The third-order valence-corrected chi connectivity index (χ3v) is 2.89. The molecule has 0 bridgehead atoms. The van der Waals surface area contributed by atoms with Gasteiger partial charge in [0.1, 0.15) is 0 Å². The van der Waals surface area contributed by atoms with Gasteiger partial charge in [-0.05, 0) is 36.4 Å². The van der Waals surface area contributed by atoms with Crippen LogP contribution in [-0.4, -0.2) is 32.7 Å². The molecule has 6 N–H and O–H groups in total. The minimum atomic E-state index is -4.94. The summed E-state index contributed by atoms with van der Waals surface area (Å²) in [5.74, 6) is -1.26. The van der Waals surface area contributed by atoms with Crippen LogP contribution in [0.5, 0.6) is 0 Å². The van der Waals surface area contributed by atoms with Crippen LogP contribution in [0.25, 0.3) is 0 Å². The number of halogens is 1. The van der Waals surface area contributed by atoms with Gasteiger partial charge >= 0.3 is 22.4 Å². The summed E-state index contributed by atoms with van der Waals surface area (Å²) >= 11 is 0. The number of nitrogens with two attached hydrogens (primary N) is 3. The van der Waals surface area contributed by atoms with Crippen LogP contribution in [0, 0.1) is 10.2 Å². The molecule has 0 spiro atoms. The Balaban J connectivity index is 0. The van der Waals surface area contributed by atoms with E-state index in [1.807, 2.05) is 0 Å². The van der Waals surface area contributed by atoms with E-state index >= 15 is 0 Å². The minimum Gasteiger partial charge on any atom is -0.366 e. The summed E-state index contributed by atoms with van der Waals surface area (Å²) in [4.78, 5) is 42.3. The molecule has 0 atom stereocenters. The van der Waals surface area contributed by atoms with Crippen molar-refractivity contribution in [2.45, 2.75) is 0 Å². The van der Waals surface area contributed by atoms with Crippen LogP contribution in [0.4, 0.5) is 0 Å². The molecule has 0 fully saturated rings. The van der Waals surface area contributed by atoms with Crippen molar-refractivity contribution in [1.82, 2.24) is 15.0 Å². The molecule has 0 aliphatic heterocycles. The van der Waals surface area contributed by atoms with E-state index in [1.165, 1.54) is 37.2 Å². The van der Waals surface area contributed by atoms with Crippen molar-refractivity contribution < 1.29 is 65.6 Å². The normalized spacial score (nSPS) is 9.09. The summed E-state index contributed by atoms with van der Waals surface area (Å²) in [6.07, 6.45) is 9.17. The molecule has 0 saturated heterocycles. The van der Waals surface area contributed by atoms with Gasteiger partial charge in [-0.3, -0.25) is 29.3 Å². The molecular weight excluding hydrogens is 556 g/mol. The Morgan fingerprint density at radius 1 is 0.545 bits per heavy atom. The summed E-state index contributed by atoms with van der Waals surface area (Å²) in [7, 11) is -4.94. The van der Waals surface area contributed by atoms with Crippen molar-refractivity contribution in [1.29, 1.82) is 0 Å². The van der Waals surface area contributed by atoms with Crippen LogP contribution in [0.1, 0.15) is 31.1 Å². The summed E-state index contributed by atoms with van der Waals surface area (Å²) in [6.45, 7) is 0. The maximum Gasteiger partial charge on any atom is 1.00 e. The third kappa shape index (κ3) is 19.2. The first-order valence-electron chi connectivity index (χ1n) is 8.13. The first-order chi connectivity index (χ1) is 14.9. The Morgan fingerprint density at radius 3 is 0.788 bits per heavy atom. The van der Waals surface area contributed by atoms with Gasteiger partial charge in [-0.15, -0.1) is 10.2 Å². The van der Waals surface area contributed by atoms with E-state index in [2.05, 4.69) is 15.0 Å². The molecule has 3 aromatic rings. The monoisotopic (exact) mass is 572 g/mol. The second-order valence-corrected chi connectivity index (χ2v) is 5.93. The van der Waals surface area contributed by atoms with E-state index in [-0.39, 0.29) is 22.4 Å². The van der Waals surface area contributed by atoms with Crippen LogP contribution in [0.15, 0.2) is 73.6 Å². The van der Waals surface area contributed by atoms with Gasteiger partial charge in [0.25, 0.3) is 0 Å². The van der Waals surface area contributed by atoms with Crippen molar-refractivity contribution in [3.63, 3.8) is 0 Å². The van der Waals surface area contributed by atoms with Crippen LogP contribution in [0.3, 0.4) is 0 Å². The smallest absolute Gasteiger partial charge is 0.366 e. The number of primary amides is 3. The number of hydrogen-bond donors (Lipinski definition) is 3. The van der Waals surface area contributed by atoms with E-state index in [9.17, 15) is 14.4 Å². The number of carbonyl (C=O) groups is 3. The topological polar surface area (TPSA) is 260 Å². The molecule has 33 heavy (non-hydrogen) atoms. The first kappa shape index (κ1) is 31.9. The number of carbonyl (C=O) groups excluding carboxylic acids is 3. The fraction of sp³-hybridized carbons (Fsp3) is 0. The van der Waals surface area contributed by atoms with Crippen molar-refractivity contribution in [3.05, 3.63) is 90.3 Å². The van der Waals surface area contributed by atoms with Gasteiger partial charge in [0.05, 0.1) is 0 Å². The van der Waals surface area contributed by atoms with Gasteiger partial charge in [0.2, 0.25) is 17.7 Å². The SMILES string of the molecule is NC(=O)c1ccncc1.NC(=O)c1ccncc1.NC(=O)c1ccncc1.[Ag+].[O-][Cl+3]([O-])([O-])[O-]. The zero-order chi connectivity index (χ0) is 24.6. The molecule has 0 radical (unpaired) electrons. The number of aromatic nitrogens is 3. The molecule has 180 valence electrons. The second kappa shape index (κ2) is 17.3. The van der Waals surface area contributed by atoms with Gasteiger partial charge in [0, 0.05) is 53.9 Å². The van der Waals surface area contributed by atoms with Crippen LogP contribution >= 0.6 is 0 Å². The number of pyridine rings is 3. The quantitative estimate of drug-likeness (QED) is 0.254. The summed E-state index contributed by atoms with van der Waals surface area (Å²) in [6, 6.07) is 9.43. The largest absolute Gasteiger partial charge is 1.00 e. The molecule has 3 aromatic heterocycles. The van der Waals surface area contributed by atoms with Crippen molar-refractivity contribution in [2.24, 2.45) is 17.2 Å². The van der Waals surface area contributed by atoms with E-state index in [4.69, 9.17) is 35.8 Å². The second-order valence-electron chi connectivity index (χ2n) is 5.18. The fourth-order valence-electron chi connectivity index (χ4n) is 1.55. The molecule has 0 aliphatic rings. The Morgan fingerprint density at radius 2 is 0.697 bits per heavy atom. The molecular formula is C18H18AgClN6O7. The standard InChI is InChI=1S/3C6H6N2O.Ag.ClHO4/c3*7-6(9)5-1-3-8-4-2-5;;2-1(3,4)5/h3*1-4H,(H2,7,9);;(H,2,3,4,5)/q;;;+1;/p-1. The number of hydrogen-bond acceptors (Lipinski definition) is 10. The molecule has 0 aromatic carbocycles. The fourth-order valence-corrected chi connectivity index (χ4v) is 1.55. The molecule has 3 rings (SSSR count). The molecule has 3 amide bonds. The van der Waals surface area contributed by atoms with Crippen LogP contribution in [-0.2, 0) is 22.4 Å². The van der Waals surface area contributed by atoms with Crippen LogP contribution < -0.4 is 35.8 Å². The molecule has 3 heterocycles. The van der Waals surface area contributed by atoms with Crippen molar-refractivity contribution >= 4 is 17.7 Å². The predicted octanol–water partition coefficient (Wildman–Crippen LogP) is -4.22. The van der Waals surface area contributed by atoms with E-state index in [0.29, 0.717) is 16.7 Å². The maximum absolute atomic E-state index is 10.4. The maximum atomic E-state index is 10.4. The van der Waals surface area contributed by atoms with E-state index in [1.54, 1.807) is 36.4 Å². The minimum absolute atomic E-state index is 0. The molecule has 0 aliphatic carbocycles. The third-order valence-electron chi connectivity index (χ3n) is 2.89. The summed E-state index contributed by atoms with van der Waals surface area (Å²) in [5, 5.41) is 0. The number of amides is 3. The van der Waals surface area contributed by atoms with Gasteiger partial charge in [-0.1, -0.05) is 0 Å². The van der Waals surface area contributed by atoms with Crippen molar-refractivity contribution in [2.75, 3.05) is 0 Å². The Kier molecular flexibility index (Phi) is 16.7. The molecule has 15 heteroatoms. The Hall–Kier alpha value is -3.27. The zero-order valence-corrected chi connectivity index (χ0v) is 18.8. The molecule has 0 unspecified atom stereocenters. The Bertz CT molecular complexity index is 841. The van der Waals surface area contributed by atoms with Gasteiger partial charge in [-0.2, -0.15) is 0 Å². The zero-order valence-electron chi connectivity index (χ0n) is 16.5. The van der Waals surface area contributed by atoms with Gasteiger partial charge in [0.15, 0.2) is 0 Å². The van der Waals surface area contributed by atoms with Crippen LogP contribution in [0.2, 0.25) is 0 Å². The first-order valence-corrected chi connectivity index (χ1v) is 9.36. The van der Waals surface area contributed by atoms with E-state index < -0.39 is 28.0 Å². The number of nitrogens with zero attached hydrogens (tertiary/aromatic N) is 3. The Labute approximate surface area is 205 Å². The summed E-state index contributed by atoms with van der Waals surface area (Å²) in [5.41, 5.74) is 16.3. The van der Waals surface area contributed by atoms with Gasteiger partial charge < -0.3 is 17.2 Å². The van der Waals surface area contributed by atoms with Gasteiger partial charge in [-0.25, -0.2) is 18.6 Å².